The fourth-order valence-corrected chi connectivity index (χ4v) is 1.56. The van der Waals surface area contributed by atoms with Gasteiger partial charge in [0.1, 0.15) is 5.82 Å². The molecule has 1 atom stereocenters. The Bertz CT molecular complexity index is 480. The first-order chi connectivity index (χ1) is 7.68. The number of hydrogen-bond donors (Lipinski definition) is 1. The predicted octanol–water partition coefficient (Wildman–Crippen LogP) is 2.58. The van der Waals surface area contributed by atoms with Gasteiger partial charge in [-0.15, -0.1) is 0 Å². The van der Waals surface area contributed by atoms with E-state index in [9.17, 15) is 4.39 Å². The summed E-state index contributed by atoms with van der Waals surface area (Å²) in [7, 11) is 0. The number of benzene rings is 1. The van der Waals surface area contributed by atoms with Crippen LogP contribution in [-0.4, -0.2) is 4.98 Å². The molecule has 1 heterocycles. The molecule has 82 valence electrons. The number of nitrogens with two attached hydrogens (primary N) is 1. The van der Waals surface area contributed by atoms with Crippen LogP contribution >= 0.6 is 0 Å². The zero-order chi connectivity index (χ0) is 11.5. The molecule has 0 aliphatic carbocycles. The van der Waals surface area contributed by atoms with Crippen molar-refractivity contribution >= 4 is 0 Å². The van der Waals surface area contributed by atoms with Gasteiger partial charge in [0.15, 0.2) is 0 Å². The molecule has 2 N–H and O–H groups in total. The number of nitrogens with zero attached hydrogens (tertiary/aromatic N) is 1. The molecular formula is C13H13FN2. The lowest BCUT2D eigenvalue weighted by Gasteiger charge is -2.12. The van der Waals surface area contributed by atoms with E-state index in [1.54, 1.807) is 12.3 Å². The molecule has 1 aromatic carbocycles. The lowest BCUT2D eigenvalue weighted by Crippen LogP contribution is -2.15. The minimum absolute atomic E-state index is 0.284. The van der Waals surface area contributed by atoms with Crippen molar-refractivity contribution in [1.29, 1.82) is 0 Å². The predicted molar refractivity (Wildman–Crippen MR) is 61.4 cm³/mol. The van der Waals surface area contributed by atoms with Gasteiger partial charge in [-0.25, -0.2) is 4.39 Å². The Labute approximate surface area is 93.9 Å². The van der Waals surface area contributed by atoms with Crippen LogP contribution in [0.3, 0.4) is 0 Å². The van der Waals surface area contributed by atoms with Crippen LogP contribution < -0.4 is 5.73 Å². The number of aromatic nitrogens is 1. The minimum Gasteiger partial charge on any atom is -0.319 e. The van der Waals surface area contributed by atoms with Crippen LogP contribution in [0.25, 0.3) is 0 Å². The second-order valence-electron chi connectivity index (χ2n) is 3.76. The summed E-state index contributed by atoms with van der Waals surface area (Å²) in [6.07, 6.45) is 1.55. The van der Waals surface area contributed by atoms with Gasteiger partial charge < -0.3 is 5.73 Å². The Morgan fingerprint density at radius 1 is 1.19 bits per heavy atom. The molecule has 1 aromatic heterocycles. The lowest BCUT2D eigenvalue weighted by molar-refractivity contribution is 0.586. The number of pyridine rings is 1. The van der Waals surface area contributed by atoms with Crippen molar-refractivity contribution in [2.24, 2.45) is 5.73 Å². The summed E-state index contributed by atoms with van der Waals surface area (Å²) < 4.78 is 13.5. The van der Waals surface area contributed by atoms with Crippen molar-refractivity contribution in [2.45, 2.75) is 13.0 Å². The molecule has 0 saturated carbocycles. The lowest BCUT2D eigenvalue weighted by atomic mass is 10.0. The maximum Gasteiger partial charge on any atom is 0.146 e. The van der Waals surface area contributed by atoms with Gasteiger partial charge in [0.05, 0.1) is 11.7 Å². The molecule has 0 bridgehead atoms. The monoisotopic (exact) mass is 216 g/mol. The Balaban J connectivity index is 2.35. The Hall–Kier alpha value is -1.74. The molecule has 0 aliphatic rings. The van der Waals surface area contributed by atoms with E-state index >= 15 is 0 Å². The van der Waals surface area contributed by atoms with Crippen LogP contribution in [0.1, 0.15) is 22.9 Å². The Morgan fingerprint density at radius 3 is 2.50 bits per heavy atom. The van der Waals surface area contributed by atoms with Crippen molar-refractivity contribution < 1.29 is 4.39 Å². The van der Waals surface area contributed by atoms with Crippen LogP contribution in [0.5, 0.6) is 0 Å². The van der Waals surface area contributed by atoms with E-state index in [0.717, 1.165) is 11.1 Å². The van der Waals surface area contributed by atoms with E-state index in [1.165, 1.54) is 6.07 Å². The van der Waals surface area contributed by atoms with E-state index in [1.807, 2.05) is 31.2 Å². The largest absolute Gasteiger partial charge is 0.319 e. The fraction of sp³-hybridized carbons (Fsp3) is 0.154. The summed E-state index contributed by atoms with van der Waals surface area (Å²) in [5, 5.41) is 0. The third-order valence-electron chi connectivity index (χ3n) is 2.52. The maximum absolute atomic E-state index is 13.5. The third-order valence-corrected chi connectivity index (χ3v) is 2.52. The molecule has 0 radical (unpaired) electrons. The molecule has 3 heteroatoms. The smallest absolute Gasteiger partial charge is 0.146 e. The highest BCUT2D eigenvalue weighted by Crippen LogP contribution is 2.20. The van der Waals surface area contributed by atoms with E-state index in [0.29, 0.717) is 0 Å². The molecule has 2 nitrogen and oxygen atoms in total. The van der Waals surface area contributed by atoms with Crippen LogP contribution in [0.4, 0.5) is 4.39 Å². The Kier molecular flexibility index (Phi) is 2.97. The summed E-state index contributed by atoms with van der Waals surface area (Å²) in [6.45, 7) is 2.00. The summed E-state index contributed by atoms with van der Waals surface area (Å²) in [6, 6.07) is 10.1. The van der Waals surface area contributed by atoms with E-state index < -0.39 is 6.04 Å². The molecule has 0 fully saturated rings. The average molecular weight is 216 g/mol. The van der Waals surface area contributed by atoms with Crippen molar-refractivity contribution in [3.05, 3.63) is 65.2 Å². The van der Waals surface area contributed by atoms with Crippen LogP contribution in [-0.2, 0) is 0 Å². The van der Waals surface area contributed by atoms with Crippen LogP contribution in [0.15, 0.2) is 42.6 Å². The van der Waals surface area contributed by atoms with Gasteiger partial charge in [-0.3, -0.25) is 4.98 Å². The molecule has 0 saturated heterocycles. The number of rotatable bonds is 2. The zero-order valence-electron chi connectivity index (χ0n) is 9.02. The molecule has 0 aliphatic heterocycles. The van der Waals surface area contributed by atoms with Crippen molar-refractivity contribution in [1.82, 2.24) is 4.98 Å². The number of hydrogen-bond acceptors (Lipinski definition) is 2. The van der Waals surface area contributed by atoms with Gasteiger partial charge in [-0.2, -0.15) is 0 Å². The average Bonchev–Trinajstić information content (AvgIpc) is 2.30. The molecule has 2 rings (SSSR count). The quantitative estimate of drug-likeness (QED) is 0.838. The van der Waals surface area contributed by atoms with Crippen molar-refractivity contribution in [3.8, 4) is 0 Å². The van der Waals surface area contributed by atoms with E-state index in [4.69, 9.17) is 5.73 Å². The summed E-state index contributed by atoms with van der Waals surface area (Å²) >= 11 is 0. The molecule has 0 unspecified atom stereocenters. The van der Waals surface area contributed by atoms with Crippen LogP contribution in [0.2, 0.25) is 0 Å². The van der Waals surface area contributed by atoms with Gasteiger partial charge in [0, 0.05) is 6.20 Å². The summed E-state index contributed by atoms with van der Waals surface area (Å²) in [5.74, 6) is -0.365. The zero-order valence-corrected chi connectivity index (χ0v) is 9.02. The first-order valence-electron chi connectivity index (χ1n) is 5.11. The highest BCUT2D eigenvalue weighted by atomic mass is 19.1. The second kappa shape index (κ2) is 4.41. The number of aryl methyl sites for hydroxylation is 1. The molecule has 2 aromatic rings. The maximum atomic E-state index is 13.5. The molecule has 0 spiro atoms. The topological polar surface area (TPSA) is 38.9 Å². The normalized spacial score (nSPS) is 12.4. The highest BCUT2D eigenvalue weighted by molar-refractivity contribution is 5.30. The summed E-state index contributed by atoms with van der Waals surface area (Å²) in [5.41, 5.74) is 8.26. The van der Waals surface area contributed by atoms with Gasteiger partial charge in [0.2, 0.25) is 0 Å². The van der Waals surface area contributed by atoms with Gasteiger partial charge in [-0.1, -0.05) is 29.8 Å². The fourth-order valence-electron chi connectivity index (χ4n) is 1.56. The molecular weight excluding hydrogens is 203 g/mol. The third kappa shape index (κ3) is 2.09. The van der Waals surface area contributed by atoms with Crippen LogP contribution in [0, 0.1) is 12.7 Å². The second-order valence-corrected chi connectivity index (χ2v) is 3.76. The van der Waals surface area contributed by atoms with Gasteiger partial charge >= 0.3 is 0 Å². The molecule has 16 heavy (non-hydrogen) atoms. The molecule has 0 amide bonds. The standard InChI is InChI=1S/C13H13FN2/c1-9-4-6-10(7-5-9)12(15)13-11(14)3-2-8-16-13/h2-8,12H,15H2,1H3/t12-/m0/s1. The SMILES string of the molecule is Cc1ccc([C@H](N)c2ncccc2F)cc1. The Morgan fingerprint density at radius 2 is 1.88 bits per heavy atom. The van der Waals surface area contributed by atoms with E-state index in [-0.39, 0.29) is 11.5 Å². The van der Waals surface area contributed by atoms with Gasteiger partial charge in [-0.05, 0) is 24.6 Å². The number of halogens is 1. The van der Waals surface area contributed by atoms with Crippen molar-refractivity contribution in [2.75, 3.05) is 0 Å². The van der Waals surface area contributed by atoms with E-state index in [2.05, 4.69) is 4.98 Å². The first-order valence-corrected chi connectivity index (χ1v) is 5.11. The first kappa shape index (κ1) is 10.8. The van der Waals surface area contributed by atoms with Crippen molar-refractivity contribution in [3.63, 3.8) is 0 Å². The highest BCUT2D eigenvalue weighted by Gasteiger charge is 2.14. The minimum atomic E-state index is -0.512. The van der Waals surface area contributed by atoms with Gasteiger partial charge in [0.25, 0.3) is 0 Å². The summed E-state index contributed by atoms with van der Waals surface area (Å²) in [4.78, 5) is 3.98.